The summed E-state index contributed by atoms with van der Waals surface area (Å²) in [6.07, 6.45) is 3.76. The zero-order valence-corrected chi connectivity index (χ0v) is 6.26. The standard InChI is InChI=1S/C7H11FN2/c1-6(2)3-7-4-9-5-10(7)8/h4-6H,3H2,1-2H3/p+1. The quantitative estimate of drug-likeness (QED) is 0.642. The van der Waals surface area contributed by atoms with Crippen molar-refractivity contribution < 1.29 is 9.27 Å². The van der Waals surface area contributed by atoms with Gasteiger partial charge in [0.2, 0.25) is 0 Å². The van der Waals surface area contributed by atoms with Crippen LogP contribution in [0.1, 0.15) is 19.5 Å². The van der Waals surface area contributed by atoms with Gasteiger partial charge in [-0.25, -0.2) is 4.98 Å². The van der Waals surface area contributed by atoms with Gasteiger partial charge in [0.25, 0.3) is 6.33 Å². The molecule has 0 saturated carbocycles. The van der Waals surface area contributed by atoms with Crippen molar-refractivity contribution in [3.63, 3.8) is 0 Å². The van der Waals surface area contributed by atoms with E-state index in [-0.39, 0.29) is 0 Å². The van der Waals surface area contributed by atoms with Crippen LogP contribution in [-0.2, 0) is 6.42 Å². The van der Waals surface area contributed by atoms with E-state index in [2.05, 4.69) is 18.8 Å². The maximum atomic E-state index is 12.6. The van der Waals surface area contributed by atoms with Crippen LogP contribution in [0.3, 0.4) is 0 Å². The number of imidazole rings is 1. The predicted octanol–water partition coefficient (Wildman–Crippen LogP) is 1.23. The Morgan fingerprint density at radius 3 is 2.80 bits per heavy atom. The molecule has 0 atom stereocenters. The highest BCUT2D eigenvalue weighted by Crippen LogP contribution is 2.01. The van der Waals surface area contributed by atoms with Crippen molar-refractivity contribution in [2.45, 2.75) is 20.3 Å². The second-order valence-corrected chi connectivity index (χ2v) is 2.84. The maximum absolute atomic E-state index is 12.6. The Bertz CT molecular complexity index is 205. The number of hydrogen-bond acceptors (Lipinski definition) is 0. The van der Waals surface area contributed by atoms with E-state index in [9.17, 15) is 4.48 Å². The molecule has 10 heavy (non-hydrogen) atoms. The van der Waals surface area contributed by atoms with Gasteiger partial charge >= 0.3 is 0 Å². The molecule has 0 aliphatic carbocycles. The van der Waals surface area contributed by atoms with E-state index >= 15 is 0 Å². The average molecular weight is 143 g/mol. The molecule has 0 bridgehead atoms. The third-order valence-corrected chi connectivity index (χ3v) is 1.33. The first-order valence-corrected chi connectivity index (χ1v) is 3.43. The topological polar surface area (TPSA) is 19.7 Å². The number of hydrogen-bond donors (Lipinski definition) is 1. The molecular formula is C7H12FN2+. The molecule has 56 valence electrons. The Hall–Kier alpha value is -0.860. The second-order valence-electron chi connectivity index (χ2n) is 2.84. The summed E-state index contributed by atoms with van der Waals surface area (Å²) in [6.45, 7) is 4.12. The van der Waals surface area contributed by atoms with Crippen molar-refractivity contribution in [1.82, 2.24) is 4.98 Å². The molecule has 0 amide bonds. The molecule has 0 fully saturated rings. The van der Waals surface area contributed by atoms with Crippen molar-refractivity contribution in [2.75, 3.05) is 0 Å². The van der Waals surface area contributed by atoms with Crippen LogP contribution in [0.15, 0.2) is 12.5 Å². The minimum Gasteiger partial charge on any atom is -0.247 e. The highest BCUT2D eigenvalue weighted by atomic mass is 19.2. The van der Waals surface area contributed by atoms with Crippen molar-refractivity contribution >= 4 is 0 Å². The molecule has 1 aromatic heterocycles. The summed E-state index contributed by atoms with van der Waals surface area (Å²) in [5.41, 5.74) is 0.704. The summed E-state index contributed by atoms with van der Waals surface area (Å²) in [5, 5.41) is 0. The first-order valence-electron chi connectivity index (χ1n) is 3.43. The Labute approximate surface area is 59.6 Å². The molecule has 2 nitrogen and oxygen atoms in total. The van der Waals surface area contributed by atoms with Crippen molar-refractivity contribution in [2.24, 2.45) is 5.92 Å². The lowest BCUT2D eigenvalue weighted by molar-refractivity contribution is -0.848. The van der Waals surface area contributed by atoms with Gasteiger partial charge < -0.3 is 0 Å². The summed E-state index contributed by atoms with van der Waals surface area (Å²) in [4.78, 5) is 3.32. The summed E-state index contributed by atoms with van der Waals surface area (Å²) in [5.74, 6) is 0.498. The van der Waals surface area contributed by atoms with E-state index in [1.165, 1.54) is 6.33 Å². The summed E-state index contributed by atoms with van der Waals surface area (Å²) >= 11 is 0. The van der Waals surface area contributed by atoms with Gasteiger partial charge in [-0.3, -0.25) is 0 Å². The first kappa shape index (κ1) is 7.25. The van der Waals surface area contributed by atoms with Crippen LogP contribution in [0.2, 0.25) is 0 Å². The van der Waals surface area contributed by atoms with E-state index in [1.807, 2.05) is 0 Å². The average Bonchev–Trinajstić information content (AvgIpc) is 2.15. The van der Waals surface area contributed by atoms with E-state index in [0.29, 0.717) is 16.4 Å². The Morgan fingerprint density at radius 2 is 2.40 bits per heavy atom. The first-order chi connectivity index (χ1) is 4.70. The van der Waals surface area contributed by atoms with Gasteiger partial charge in [-0.15, -0.1) is 0 Å². The molecule has 3 heteroatoms. The fourth-order valence-corrected chi connectivity index (χ4v) is 0.908. The molecule has 1 N–H and O–H groups in total. The van der Waals surface area contributed by atoms with Gasteiger partial charge in [0.05, 0.1) is 0 Å². The molecule has 0 aliphatic rings. The van der Waals surface area contributed by atoms with Crippen LogP contribution in [-0.4, -0.2) is 4.98 Å². The maximum Gasteiger partial charge on any atom is 0.278 e. The molecule has 0 spiro atoms. The normalized spacial score (nSPS) is 10.8. The SMILES string of the molecule is CC(C)Cc1c[nH]c[n+]1F. The third kappa shape index (κ3) is 1.56. The summed E-state index contributed by atoms with van der Waals surface area (Å²) in [7, 11) is 0. The fraction of sp³-hybridized carbons (Fsp3) is 0.571. The summed E-state index contributed by atoms with van der Waals surface area (Å²) < 4.78 is 12.6. The fourth-order valence-electron chi connectivity index (χ4n) is 0.908. The van der Waals surface area contributed by atoms with E-state index in [1.54, 1.807) is 6.20 Å². The van der Waals surface area contributed by atoms with Crippen LogP contribution in [0.25, 0.3) is 0 Å². The van der Waals surface area contributed by atoms with Gasteiger partial charge in [-0.1, -0.05) is 13.8 Å². The summed E-state index contributed by atoms with van der Waals surface area (Å²) in [6, 6.07) is 0. The van der Waals surface area contributed by atoms with Gasteiger partial charge in [-0.2, -0.15) is 0 Å². The Morgan fingerprint density at radius 1 is 1.70 bits per heavy atom. The number of halogens is 1. The van der Waals surface area contributed by atoms with Crippen LogP contribution in [0.5, 0.6) is 0 Å². The number of H-pyrrole nitrogens is 1. The molecule has 1 heterocycles. The van der Waals surface area contributed by atoms with Crippen LogP contribution < -0.4 is 4.79 Å². The Kier molecular flexibility index (Phi) is 2.04. The molecule has 1 aromatic rings. The number of aromatic amines is 1. The molecule has 0 aromatic carbocycles. The largest absolute Gasteiger partial charge is 0.278 e. The zero-order valence-electron chi connectivity index (χ0n) is 6.26. The number of rotatable bonds is 2. The lowest BCUT2D eigenvalue weighted by atomic mass is 10.1. The monoisotopic (exact) mass is 143 g/mol. The second kappa shape index (κ2) is 2.82. The minimum atomic E-state index is 0.498. The van der Waals surface area contributed by atoms with Gasteiger partial charge in [-0.05, 0) is 10.7 Å². The van der Waals surface area contributed by atoms with Gasteiger partial charge in [0.1, 0.15) is 6.20 Å². The van der Waals surface area contributed by atoms with Gasteiger partial charge in [0, 0.05) is 10.9 Å². The van der Waals surface area contributed by atoms with Crippen LogP contribution >= 0.6 is 0 Å². The van der Waals surface area contributed by atoms with E-state index in [4.69, 9.17) is 0 Å². The molecular weight excluding hydrogens is 131 g/mol. The van der Waals surface area contributed by atoms with Crippen molar-refractivity contribution in [3.8, 4) is 0 Å². The van der Waals surface area contributed by atoms with Crippen molar-refractivity contribution in [3.05, 3.63) is 18.2 Å². The minimum absolute atomic E-state index is 0.498. The number of nitrogens with zero attached hydrogens (tertiary/aromatic N) is 1. The molecule has 0 saturated heterocycles. The molecule has 1 rings (SSSR count). The van der Waals surface area contributed by atoms with E-state index < -0.39 is 0 Å². The Balaban J connectivity index is 2.65. The van der Waals surface area contributed by atoms with Crippen molar-refractivity contribution in [1.29, 1.82) is 0 Å². The van der Waals surface area contributed by atoms with Crippen LogP contribution in [0, 0.1) is 5.92 Å². The lowest BCUT2D eigenvalue weighted by Crippen LogP contribution is -2.25. The smallest absolute Gasteiger partial charge is 0.247 e. The zero-order chi connectivity index (χ0) is 7.56. The number of nitrogens with one attached hydrogen (secondary N) is 1. The molecule has 0 unspecified atom stereocenters. The number of aromatic nitrogens is 2. The third-order valence-electron chi connectivity index (χ3n) is 1.33. The highest BCUT2D eigenvalue weighted by Gasteiger charge is 2.09. The lowest BCUT2D eigenvalue weighted by Gasteiger charge is -1.96. The van der Waals surface area contributed by atoms with Gasteiger partial charge in [0.15, 0.2) is 5.69 Å². The highest BCUT2D eigenvalue weighted by molar-refractivity contribution is 4.86. The molecule has 0 radical (unpaired) electrons. The molecule has 0 aliphatic heterocycles. The predicted molar refractivity (Wildman–Crippen MR) is 36.0 cm³/mol. The van der Waals surface area contributed by atoms with Crippen LogP contribution in [0.4, 0.5) is 4.48 Å². The van der Waals surface area contributed by atoms with E-state index in [0.717, 1.165) is 6.42 Å².